The van der Waals surface area contributed by atoms with Gasteiger partial charge in [0.25, 0.3) is 0 Å². The molecule has 0 bridgehead atoms. The first kappa shape index (κ1) is 17.0. The summed E-state index contributed by atoms with van der Waals surface area (Å²) in [5, 5.41) is -0.0178. The van der Waals surface area contributed by atoms with Gasteiger partial charge in [-0.2, -0.15) is 0 Å². The number of hydrogen-bond donors (Lipinski definition) is 0. The molecule has 0 N–H and O–H groups in total. The van der Waals surface area contributed by atoms with Crippen molar-refractivity contribution in [2.45, 2.75) is 68.9 Å². The van der Waals surface area contributed by atoms with Crippen LogP contribution in [0.1, 0.15) is 46.0 Å². The third-order valence-corrected chi connectivity index (χ3v) is 7.01. The molecular weight excluding hydrogens is 319 g/mol. The number of hydrogen-bond acceptors (Lipinski definition) is 3. The van der Waals surface area contributed by atoms with E-state index >= 15 is 0 Å². The Hall–Kier alpha value is 0.170. The van der Waals surface area contributed by atoms with Crippen LogP contribution in [-0.4, -0.2) is 58.2 Å². The summed E-state index contributed by atoms with van der Waals surface area (Å²) in [4.78, 5) is 17.8. The minimum atomic E-state index is -0.0505. The molecule has 3 fully saturated rings. The van der Waals surface area contributed by atoms with Crippen molar-refractivity contribution in [2.24, 2.45) is 11.8 Å². The highest BCUT2D eigenvalue weighted by Crippen LogP contribution is 2.35. The van der Waals surface area contributed by atoms with Crippen LogP contribution in [0.15, 0.2) is 0 Å². The Kier molecular flexibility index (Phi) is 5.38. The van der Waals surface area contributed by atoms with Crippen LogP contribution in [0.4, 0.5) is 0 Å². The maximum Gasteiger partial charge on any atom is 0.150 e. The van der Waals surface area contributed by atoms with E-state index in [0.29, 0.717) is 30.5 Å². The van der Waals surface area contributed by atoms with Crippen LogP contribution in [0.2, 0.25) is 0 Å². The average Bonchev–Trinajstić information content (AvgIpc) is 2.79. The summed E-state index contributed by atoms with van der Waals surface area (Å²) in [6, 6.07) is 0.477. The zero-order valence-corrected chi connectivity index (χ0v) is 15.2. The first-order valence-electron chi connectivity index (χ1n) is 8.78. The molecule has 0 spiro atoms. The van der Waals surface area contributed by atoms with Gasteiger partial charge in [0.05, 0.1) is 18.1 Å². The van der Waals surface area contributed by atoms with Crippen LogP contribution in [-0.2, 0) is 4.79 Å². The number of piperidine rings is 1. The molecular formula is C17H28Cl2N2O. The van der Waals surface area contributed by atoms with E-state index in [2.05, 4.69) is 23.6 Å². The largest absolute Gasteiger partial charge is 0.298 e. The van der Waals surface area contributed by atoms with Gasteiger partial charge in [-0.25, -0.2) is 0 Å². The molecule has 0 radical (unpaired) electrons. The van der Waals surface area contributed by atoms with Crippen molar-refractivity contribution >= 4 is 29.0 Å². The number of fused-ring (bicyclic) bond motifs is 1. The quantitative estimate of drug-likeness (QED) is 0.732. The normalized spacial score (nSPS) is 44.0. The summed E-state index contributed by atoms with van der Waals surface area (Å²) < 4.78 is 0. The summed E-state index contributed by atoms with van der Waals surface area (Å²) in [7, 11) is 0. The molecule has 1 saturated carbocycles. The summed E-state index contributed by atoms with van der Waals surface area (Å²) in [6.07, 6.45) is 5.56. The number of nitrogens with zero attached hydrogens (tertiary/aromatic N) is 2. The minimum absolute atomic E-state index is 0.0327. The molecule has 6 unspecified atom stereocenters. The molecule has 0 aromatic carbocycles. The van der Waals surface area contributed by atoms with Gasteiger partial charge in [0.1, 0.15) is 5.78 Å². The average molecular weight is 347 g/mol. The number of Topliss-reactive ketones (excluding diaryl/α,β-unsaturated/α-hetero) is 1. The molecule has 126 valence electrons. The van der Waals surface area contributed by atoms with E-state index in [-0.39, 0.29) is 16.7 Å². The number of alkyl halides is 2. The molecule has 2 heterocycles. The summed E-state index contributed by atoms with van der Waals surface area (Å²) in [5.74, 6) is 1.14. The lowest BCUT2D eigenvalue weighted by Gasteiger charge is -2.39. The Morgan fingerprint density at radius 2 is 1.91 bits per heavy atom. The third-order valence-electron chi connectivity index (χ3n) is 5.88. The Bertz CT molecular complexity index is 419. The van der Waals surface area contributed by atoms with Gasteiger partial charge in [-0.1, -0.05) is 6.92 Å². The molecule has 22 heavy (non-hydrogen) atoms. The van der Waals surface area contributed by atoms with Crippen LogP contribution in [0.3, 0.4) is 0 Å². The highest BCUT2D eigenvalue weighted by Gasteiger charge is 2.43. The van der Waals surface area contributed by atoms with Gasteiger partial charge in [-0.15, -0.1) is 23.2 Å². The second-order valence-electron chi connectivity index (χ2n) is 7.56. The Morgan fingerprint density at radius 1 is 1.14 bits per heavy atom. The maximum atomic E-state index is 12.8. The Labute approximate surface area is 144 Å². The Morgan fingerprint density at radius 3 is 2.64 bits per heavy atom. The second kappa shape index (κ2) is 6.96. The summed E-state index contributed by atoms with van der Waals surface area (Å²) in [5.41, 5.74) is 0. The number of carbonyl (C=O) groups excluding carboxylic acids is 1. The van der Waals surface area contributed by atoms with Crippen LogP contribution in [0.25, 0.3) is 0 Å². The van der Waals surface area contributed by atoms with E-state index in [0.717, 1.165) is 25.8 Å². The molecule has 2 saturated heterocycles. The van der Waals surface area contributed by atoms with E-state index in [9.17, 15) is 4.79 Å². The molecule has 1 aliphatic carbocycles. The van der Waals surface area contributed by atoms with Crippen molar-refractivity contribution in [3.63, 3.8) is 0 Å². The standard InChI is InChI=1S/C17H28Cl2N2O/c1-11-4-3-7-20-9-12(2)21(17(11)20)10-16(22)13-5-6-14(18)15(19)8-13/h11-15,17H,3-10H2,1-2H3. The lowest BCUT2D eigenvalue weighted by Crippen LogP contribution is -2.50. The van der Waals surface area contributed by atoms with Crippen LogP contribution in [0, 0.1) is 11.8 Å². The van der Waals surface area contributed by atoms with E-state index < -0.39 is 0 Å². The zero-order chi connectivity index (χ0) is 15.9. The maximum absolute atomic E-state index is 12.8. The van der Waals surface area contributed by atoms with Crippen LogP contribution >= 0.6 is 23.2 Å². The lowest BCUT2D eigenvalue weighted by atomic mass is 9.85. The van der Waals surface area contributed by atoms with Crippen molar-refractivity contribution in [1.82, 2.24) is 9.80 Å². The van der Waals surface area contributed by atoms with Crippen molar-refractivity contribution in [1.29, 1.82) is 0 Å². The molecule has 0 aromatic heterocycles. The predicted molar refractivity (Wildman–Crippen MR) is 91.6 cm³/mol. The fraction of sp³-hybridized carbons (Fsp3) is 0.941. The van der Waals surface area contributed by atoms with Gasteiger partial charge in [0.15, 0.2) is 0 Å². The summed E-state index contributed by atoms with van der Waals surface area (Å²) in [6.45, 7) is 7.48. The molecule has 3 nitrogen and oxygen atoms in total. The van der Waals surface area contributed by atoms with Gasteiger partial charge in [-0.05, 0) is 51.5 Å². The molecule has 3 aliphatic rings. The lowest BCUT2D eigenvalue weighted by molar-refractivity contribution is -0.126. The second-order valence-corrected chi connectivity index (χ2v) is 8.68. The predicted octanol–water partition coefficient (Wildman–Crippen LogP) is 3.33. The number of carbonyl (C=O) groups is 1. The topological polar surface area (TPSA) is 23.6 Å². The van der Waals surface area contributed by atoms with Crippen LogP contribution < -0.4 is 0 Å². The van der Waals surface area contributed by atoms with E-state index in [1.54, 1.807) is 0 Å². The number of ketones is 1. The molecule has 3 rings (SSSR count). The number of rotatable bonds is 3. The van der Waals surface area contributed by atoms with E-state index in [1.807, 2.05) is 0 Å². The van der Waals surface area contributed by atoms with Gasteiger partial charge in [-0.3, -0.25) is 14.6 Å². The fourth-order valence-corrected chi connectivity index (χ4v) is 5.20. The molecule has 5 heteroatoms. The van der Waals surface area contributed by atoms with Crippen LogP contribution in [0.5, 0.6) is 0 Å². The number of halogens is 2. The third kappa shape index (κ3) is 3.33. The van der Waals surface area contributed by atoms with Crippen molar-refractivity contribution in [3.05, 3.63) is 0 Å². The van der Waals surface area contributed by atoms with Crippen molar-refractivity contribution in [3.8, 4) is 0 Å². The van der Waals surface area contributed by atoms with E-state index in [1.165, 1.54) is 19.4 Å². The highest BCUT2D eigenvalue weighted by atomic mass is 35.5. The van der Waals surface area contributed by atoms with Crippen molar-refractivity contribution in [2.75, 3.05) is 19.6 Å². The van der Waals surface area contributed by atoms with Gasteiger partial charge in [0.2, 0.25) is 0 Å². The zero-order valence-electron chi connectivity index (χ0n) is 13.7. The van der Waals surface area contributed by atoms with Gasteiger partial charge in [0, 0.05) is 23.9 Å². The Balaban J connectivity index is 1.63. The highest BCUT2D eigenvalue weighted by molar-refractivity contribution is 6.30. The van der Waals surface area contributed by atoms with Gasteiger partial charge < -0.3 is 0 Å². The summed E-state index contributed by atoms with van der Waals surface area (Å²) >= 11 is 12.5. The fourth-order valence-electron chi connectivity index (χ4n) is 4.63. The molecule has 2 aliphatic heterocycles. The van der Waals surface area contributed by atoms with E-state index in [4.69, 9.17) is 23.2 Å². The molecule has 6 atom stereocenters. The SMILES string of the molecule is CC1CCCN2CC(C)N(CC(=O)C3CCC(Cl)C(Cl)C3)C12. The van der Waals surface area contributed by atoms with Crippen molar-refractivity contribution < 1.29 is 4.79 Å². The monoisotopic (exact) mass is 346 g/mol. The van der Waals surface area contributed by atoms with Gasteiger partial charge >= 0.3 is 0 Å². The first-order chi connectivity index (χ1) is 10.5. The first-order valence-corrected chi connectivity index (χ1v) is 9.65. The smallest absolute Gasteiger partial charge is 0.150 e. The molecule has 0 aromatic rings. The molecule has 0 amide bonds. The minimum Gasteiger partial charge on any atom is -0.298 e.